The average Bonchev–Trinajstić information content (AvgIpc) is 2.87. The molecule has 0 N–H and O–H groups in total. The molecule has 1 aromatic heterocycles. The summed E-state index contributed by atoms with van der Waals surface area (Å²) in [7, 11) is 0. The number of benzene rings is 1. The molecule has 0 fully saturated rings. The summed E-state index contributed by atoms with van der Waals surface area (Å²) in [4.78, 5) is 0. The summed E-state index contributed by atoms with van der Waals surface area (Å²) in [6.45, 7) is 6.40. The van der Waals surface area contributed by atoms with E-state index in [1.54, 1.807) is 4.68 Å². The Morgan fingerprint density at radius 2 is 1.89 bits per heavy atom. The van der Waals surface area contributed by atoms with Gasteiger partial charge in [0.1, 0.15) is 5.69 Å². The van der Waals surface area contributed by atoms with Crippen molar-refractivity contribution in [3.05, 3.63) is 41.7 Å². The van der Waals surface area contributed by atoms with Crippen molar-refractivity contribution in [2.24, 2.45) is 0 Å². The molecule has 0 radical (unpaired) electrons. The lowest BCUT2D eigenvalue weighted by Crippen LogP contribution is -1.95. The van der Waals surface area contributed by atoms with E-state index in [-0.39, 0.29) is 5.38 Å². The van der Waals surface area contributed by atoms with Crippen LogP contribution in [0.5, 0.6) is 0 Å². The summed E-state index contributed by atoms with van der Waals surface area (Å²) >= 11 is 6.14. The predicted octanol–water partition coefficient (Wildman–Crippen LogP) is 4.08. The van der Waals surface area contributed by atoms with E-state index in [4.69, 9.17) is 11.6 Å². The van der Waals surface area contributed by atoms with Crippen LogP contribution < -0.4 is 0 Å². The highest BCUT2D eigenvalue weighted by molar-refractivity contribution is 6.20. The van der Waals surface area contributed by atoms with Gasteiger partial charge >= 0.3 is 0 Å². The van der Waals surface area contributed by atoms with E-state index in [1.165, 1.54) is 5.56 Å². The van der Waals surface area contributed by atoms with Crippen LogP contribution in [0.2, 0.25) is 0 Å². The number of aromatic nitrogens is 3. The number of rotatable bonds is 4. The van der Waals surface area contributed by atoms with E-state index in [0.717, 1.165) is 17.8 Å². The van der Waals surface area contributed by atoms with E-state index in [2.05, 4.69) is 48.4 Å². The topological polar surface area (TPSA) is 30.7 Å². The summed E-state index contributed by atoms with van der Waals surface area (Å²) in [5.74, 6) is 0.540. The van der Waals surface area contributed by atoms with Crippen LogP contribution in [0, 0.1) is 0 Å². The Kier molecular flexibility index (Phi) is 4.02. The van der Waals surface area contributed by atoms with Gasteiger partial charge in [0.15, 0.2) is 0 Å². The first-order chi connectivity index (χ1) is 8.61. The van der Waals surface area contributed by atoms with Crippen LogP contribution in [0.3, 0.4) is 0 Å². The van der Waals surface area contributed by atoms with Crippen LogP contribution >= 0.6 is 11.6 Å². The van der Waals surface area contributed by atoms with Crippen LogP contribution in [0.15, 0.2) is 30.5 Å². The molecular formula is C14H18ClN3. The Bertz CT molecular complexity index is 502. The van der Waals surface area contributed by atoms with Gasteiger partial charge in [-0.15, -0.1) is 16.7 Å². The van der Waals surface area contributed by atoms with Crippen molar-refractivity contribution in [3.8, 4) is 5.69 Å². The first kappa shape index (κ1) is 13.1. The van der Waals surface area contributed by atoms with Crippen LogP contribution in [-0.2, 0) is 0 Å². The summed E-state index contributed by atoms with van der Waals surface area (Å²) in [5, 5.41) is 8.15. The van der Waals surface area contributed by atoms with Gasteiger partial charge in [-0.05, 0) is 30.0 Å². The third kappa shape index (κ3) is 2.72. The number of halogens is 1. The van der Waals surface area contributed by atoms with Crippen molar-refractivity contribution in [3.63, 3.8) is 0 Å². The molecular weight excluding hydrogens is 246 g/mol. The summed E-state index contributed by atoms with van der Waals surface area (Å²) in [6.07, 6.45) is 2.75. The van der Waals surface area contributed by atoms with Gasteiger partial charge in [-0.25, -0.2) is 4.68 Å². The molecule has 1 atom stereocenters. The lowest BCUT2D eigenvalue weighted by molar-refractivity contribution is 0.784. The molecule has 4 heteroatoms. The minimum atomic E-state index is -0.0614. The summed E-state index contributed by atoms with van der Waals surface area (Å²) < 4.78 is 1.77. The second kappa shape index (κ2) is 5.53. The first-order valence-electron chi connectivity index (χ1n) is 6.28. The Morgan fingerprint density at radius 1 is 1.22 bits per heavy atom. The number of alkyl halides is 1. The lowest BCUT2D eigenvalue weighted by atomic mass is 10.0. The van der Waals surface area contributed by atoms with Crippen molar-refractivity contribution in [1.29, 1.82) is 0 Å². The highest BCUT2D eigenvalue weighted by Crippen LogP contribution is 2.22. The zero-order chi connectivity index (χ0) is 13.1. The van der Waals surface area contributed by atoms with Crippen molar-refractivity contribution < 1.29 is 0 Å². The van der Waals surface area contributed by atoms with Gasteiger partial charge in [0.25, 0.3) is 0 Å². The normalized spacial score (nSPS) is 12.9. The van der Waals surface area contributed by atoms with Gasteiger partial charge in [-0.2, -0.15) is 0 Å². The number of hydrogen-bond acceptors (Lipinski definition) is 2. The zero-order valence-electron chi connectivity index (χ0n) is 11.0. The van der Waals surface area contributed by atoms with E-state index in [9.17, 15) is 0 Å². The Hall–Kier alpha value is -1.35. The highest BCUT2D eigenvalue weighted by Gasteiger charge is 2.10. The van der Waals surface area contributed by atoms with Crippen LogP contribution in [0.1, 0.15) is 49.7 Å². The molecule has 3 nitrogen and oxygen atoms in total. The SMILES string of the molecule is CCC(Cl)c1cn(-c2ccc(C(C)C)cc2)nn1. The van der Waals surface area contributed by atoms with Gasteiger partial charge < -0.3 is 0 Å². The summed E-state index contributed by atoms with van der Waals surface area (Å²) in [6, 6.07) is 8.37. The smallest absolute Gasteiger partial charge is 0.101 e. The van der Waals surface area contributed by atoms with Crippen LogP contribution in [-0.4, -0.2) is 15.0 Å². The molecule has 2 aromatic rings. The fraction of sp³-hybridized carbons (Fsp3) is 0.429. The molecule has 0 aliphatic heterocycles. The predicted molar refractivity (Wildman–Crippen MR) is 74.3 cm³/mol. The molecule has 1 unspecified atom stereocenters. The number of nitrogens with zero attached hydrogens (tertiary/aromatic N) is 3. The molecule has 0 saturated carbocycles. The fourth-order valence-electron chi connectivity index (χ4n) is 1.77. The zero-order valence-corrected chi connectivity index (χ0v) is 11.7. The maximum absolute atomic E-state index is 6.14. The van der Waals surface area contributed by atoms with Crippen molar-refractivity contribution in [2.45, 2.75) is 38.5 Å². The molecule has 96 valence electrons. The maximum Gasteiger partial charge on any atom is 0.101 e. The van der Waals surface area contributed by atoms with Crippen molar-refractivity contribution >= 4 is 11.6 Å². The third-order valence-corrected chi connectivity index (χ3v) is 3.55. The largest absolute Gasteiger partial charge is 0.220 e. The van der Waals surface area contributed by atoms with Gasteiger partial charge in [0.2, 0.25) is 0 Å². The fourth-order valence-corrected chi connectivity index (χ4v) is 1.87. The van der Waals surface area contributed by atoms with Gasteiger partial charge in [0.05, 0.1) is 17.3 Å². The second-order valence-electron chi connectivity index (χ2n) is 4.71. The number of hydrogen-bond donors (Lipinski definition) is 0. The van der Waals surface area contributed by atoms with E-state index in [0.29, 0.717) is 5.92 Å². The minimum Gasteiger partial charge on any atom is -0.220 e. The van der Waals surface area contributed by atoms with Gasteiger partial charge in [-0.3, -0.25) is 0 Å². The first-order valence-corrected chi connectivity index (χ1v) is 6.72. The summed E-state index contributed by atoms with van der Waals surface area (Å²) in [5.41, 5.74) is 3.16. The van der Waals surface area contributed by atoms with E-state index >= 15 is 0 Å². The Balaban J connectivity index is 2.23. The van der Waals surface area contributed by atoms with E-state index in [1.807, 2.05) is 13.1 Å². The van der Waals surface area contributed by atoms with Crippen LogP contribution in [0.4, 0.5) is 0 Å². The van der Waals surface area contributed by atoms with Crippen molar-refractivity contribution in [2.75, 3.05) is 0 Å². The average molecular weight is 264 g/mol. The molecule has 0 bridgehead atoms. The highest BCUT2D eigenvalue weighted by atomic mass is 35.5. The molecule has 0 aliphatic carbocycles. The minimum absolute atomic E-state index is 0.0614. The standard InChI is InChI=1S/C14H18ClN3/c1-4-13(15)14-9-18(17-16-14)12-7-5-11(6-8-12)10(2)3/h5-10,13H,4H2,1-3H3. The monoisotopic (exact) mass is 263 g/mol. The molecule has 1 aromatic carbocycles. The quantitative estimate of drug-likeness (QED) is 0.778. The molecule has 0 spiro atoms. The second-order valence-corrected chi connectivity index (χ2v) is 5.24. The molecule has 0 aliphatic rings. The molecule has 2 rings (SSSR count). The van der Waals surface area contributed by atoms with Crippen LogP contribution in [0.25, 0.3) is 5.69 Å². The van der Waals surface area contributed by atoms with E-state index < -0.39 is 0 Å². The van der Waals surface area contributed by atoms with Crippen molar-refractivity contribution in [1.82, 2.24) is 15.0 Å². The Labute approximate surface area is 113 Å². The molecule has 18 heavy (non-hydrogen) atoms. The van der Waals surface area contributed by atoms with Gasteiger partial charge in [0, 0.05) is 0 Å². The maximum atomic E-state index is 6.14. The lowest BCUT2D eigenvalue weighted by Gasteiger charge is -2.06. The third-order valence-electron chi connectivity index (χ3n) is 3.01. The molecule has 0 saturated heterocycles. The van der Waals surface area contributed by atoms with Gasteiger partial charge in [-0.1, -0.05) is 38.1 Å². The molecule has 1 heterocycles. The Morgan fingerprint density at radius 3 is 2.44 bits per heavy atom. The molecule has 0 amide bonds.